The van der Waals surface area contributed by atoms with E-state index in [0.29, 0.717) is 5.54 Å². The van der Waals surface area contributed by atoms with E-state index in [2.05, 4.69) is 47.0 Å². The topological polar surface area (TPSA) is 19.4 Å². The van der Waals surface area contributed by atoms with Crippen LogP contribution in [-0.4, -0.2) is 42.1 Å². The highest BCUT2D eigenvalue weighted by molar-refractivity contribution is 5.42. The van der Waals surface area contributed by atoms with E-state index < -0.39 is 0 Å². The summed E-state index contributed by atoms with van der Waals surface area (Å²) in [5.74, 6) is 1.15. The minimum Gasteiger partial charge on any atom is -0.355 e. The average Bonchev–Trinajstić information content (AvgIpc) is 2.74. The Morgan fingerprint density at radius 3 is 2.62 bits per heavy atom. The molecule has 16 heavy (non-hydrogen) atoms. The van der Waals surface area contributed by atoms with Crippen molar-refractivity contribution < 1.29 is 0 Å². The Balaban J connectivity index is 1.79. The van der Waals surface area contributed by atoms with E-state index >= 15 is 0 Å². The van der Waals surface area contributed by atoms with E-state index in [1.54, 1.807) is 0 Å². The summed E-state index contributed by atoms with van der Waals surface area (Å²) in [6.07, 6.45) is 2.64. The molecule has 3 nitrogen and oxygen atoms in total. The zero-order valence-corrected chi connectivity index (χ0v) is 10.1. The molecule has 2 saturated heterocycles. The molecule has 3 heteroatoms. The molecule has 2 aliphatic rings. The van der Waals surface area contributed by atoms with Crippen LogP contribution in [0.3, 0.4) is 0 Å². The highest BCUT2D eigenvalue weighted by atomic mass is 15.3. The minimum absolute atomic E-state index is 0.464. The first-order chi connectivity index (χ1) is 7.70. The quantitative estimate of drug-likeness (QED) is 0.713. The molecule has 3 heterocycles. The van der Waals surface area contributed by atoms with Gasteiger partial charge in [0.1, 0.15) is 5.82 Å². The predicted octanol–water partition coefficient (Wildman–Crippen LogP) is 1.67. The Kier molecular flexibility index (Phi) is 2.18. The lowest BCUT2D eigenvalue weighted by molar-refractivity contribution is 0.0307. The fraction of sp³-hybridized carbons (Fsp3) is 0.615. The van der Waals surface area contributed by atoms with Gasteiger partial charge in [-0.15, -0.1) is 0 Å². The molecule has 0 aromatic carbocycles. The minimum atomic E-state index is 0.464. The predicted molar refractivity (Wildman–Crippen MR) is 65.8 cm³/mol. The standard InChI is InChI=1S/C13H19N3/c1-11-4-3-5-12(14-11)16-9-7-13(10-16)6-8-15(13)2/h3-5H,6-10H2,1-2H3/t13-/m0/s1. The van der Waals surface area contributed by atoms with Gasteiger partial charge in [0.2, 0.25) is 0 Å². The average molecular weight is 217 g/mol. The number of rotatable bonds is 1. The highest BCUT2D eigenvalue weighted by Crippen LogP contribution is 2.38. The third-order valence-corrected chi connectivity index (χ3v) is 4.25. The first kappa shape index (κ1) is 10.1. The van der Waals surface area contributed by atoms with E-state index in [0.717, 1.165) is 24.6 Å². The van der Waals surface area contributed by atoms with E-state index in [1.807, 2.05) is 0 Å². The maximum absolute atomic E-state index is 4.61. The molecule has 2 fully saturated rings. The van der Waals surface area contributed by atoms with Crippen molar-refractivity contribution in [1.82, 2.24) is 9.88 Å². The summed E-state index contributed by atoms with van der Waals surface area (Å²) in [7, 11) is 2.25. The number of anilines is 1. The first-order valence-corrected chi connectivity index (χ1v) is 6.10. The Labute approximate surface area is 97.1 Å². The van der Waals surface area contributed by atoms with Crippen molar-refractivity contribution in [3.63, 3.8) is 0 Å². The van der Waals surface area contributed by atoms with E-state index in [9.17, 15) is 0 Å². The van der Waals surface area contributed by atoms with Crippen LogP contribution in [0.4, 0.5) is 5.82 Å². The molecular formula is C13H19N3. The molecule has 1 aromatic heterocycles. The van der Waals surface area contributed by atoms with Gasteiger partial charge in [0.05, 0.1) is 0 Å². The second-order valence-electron chi connectivity index (χ2n) is 5.20. The molecule has 1 aromatic rings. The first-order valence-electron chi connectivity index (χ1n) is 6.10. The second kappa shape index (κ2) is 3.45. The van der Waals surface area contributed by atoms with E-state index in [4.69, 9.17) is 0 Å². The summed E-state index contributed by atoms with van der Waals surface area (Å²) in [5, 5.41) is 0. The van der Waals surface area contributed by atoms with Crippen molar-refractivity contribution in [1.29, 1.82) is 0 Å². The van der Waals surface area contributed by atoms with Crippen molar-refractivity contribution in [2.45, 2.75) is 25.3 Å². The number of likely N-dealkylation sites (tertiary alicyclic amines) is 1. The lowest BCUT2D eigenvalue weighted by Gasteiger charge is -2.48. The Morgan fingerprint density at radius 1 is 1.25 bits per heavy atom. The van der Waals surface area contributed by atoms with Gasteiger partial charge in [-0.2, -0.15) is 0 Å². The molecule has 2 aliphatic heterocycles. The van der Waals surface area contributed by atoms with Crippen LogP contribution < -0.4 is 4.90 Å². The third-order valence-electron chi connectivity index (χ3n) is 4.25. The molecule has 0 bridgehead atoms. The van der Waals surface area contributed by atoms with Crippen molar-refractivity contribution in [3.8, 4) is 0 Å². The molecule has 3 rings (SSSR count). The van der Waals surface area contributed by atoms with Crippen LogP contribution in [0.2, 0.25) is 0 Å². The van der Waals surface area contributed by atoms with Crippen LogP contribution in [-0.2, 0) is 0 Å². The monoisotopic (exact) mass is 217 g/mol. The number of aromatic nitrogens is 1. The highest BCUT2D eigenvalue weighted by Gasteiger charge is 2.47. The molecule has 1 spiro atoms. The van der Waals surface area contributed by atoms with Crippen molar-refractivity contribution in [2.24, 2.45) is 0 Å². The Morgan fingerprint density at radius 2 is 2.06 bits per heavy atom. The number of aryl methyl sites for hydroxylation is 1. The van der Waals surface area contributed by atoms with Gasteiger partial charge >= 0.3 is 0 Å². The summed E-state index contributed by atoms with van der Waals surface area (Å²) in [4.78, 5) is 9.55. The van der Waals surface area contributed by atoms with E-state index in [1.165, 1.54) is 19.4 Å². The lowest BCUT2D eigenvalue weighted by Crippen LogP contribution is -2.59. The number of nitrogens with zero attached hydrogens (tertiary/aromatic N) is 3. The summed E-state index contributed by atoms with van der Waals surface area (Å²) >= 11 is 0. The third kappa shape index (κ3) is 1.42. The SMILES string of the molecule is Cc1cccc(N2CC[C@@]3(CCN3C)C2)n1. The van der Waals surface area contributed by atoms with Crippen molar-refractivity contribution in [3.05, 3.63) is 23.9 Å². The van der Waals surface area contributed by atoms with Crippen LogP contribution in [0, 0.1) is 6.92 Å². The summed E-state index contributed by atoms with van der Waals surface area (Å²) in [6.45, 7) is 5.63. The molecule has 1 atom stereocenters. The van der Waals surface area contributed by atoms with Crippen LogP contribution >= 0.6 is 0 Å². The number of likely N-dealkylation sites (N-methyl/N-ethyl adjacent to an activating group) is 1. The maximum atomic E-state index is 4.61. The molecule has 0 aliphatic carbocycles. The number of hydrogen-bond acceptors (Lipinski definition) is 3. The molecular weight excluding hydrogens is 198 g/mol. The Bertz CT molecular complexity index is 404. The van der Waals surface area contributed by atoms with Crippen LogP contribution in [0.15, 0.2) is 18.2 Å². The van der Waals surface area contributed by atoms with Gasteiger partial charge in [0.15, 0.2) is 0 Å². The number of hydrogen-bond donors (Lipinski definition) is 0. The fourth-order valence-electron chi connectivity index (χ4n) is 2.92. The number of pyridine rings is 1. The molecule has 0 N–H and O–H groups in total. The zero-order chi connectivity index (χ0) is 11.2. The Hall–Kier alpha value is -1.09. The van der Waals surface area contributed by atoms with Gasteiger partial charge < -0.3 is 4.90 Å². The van der Waals surface area contributed by atoms with Gasteiger partial charge in [-0.3, -0.25) is 4.90 Å². The molecule has 0 saturated carbocycles. The van der Waals surface area contributed by atoms with Crippen molar-refractivity contribution >= 4 is 5.82 Å². The smallest absolute Gasteiger partial charge is 0.128 e. The molecule has 0 radical (unpaired) electrons. The van der Waals surface area contributed by atoms with Gasteiger partial charge in [0, 0.05) is 30.9 Å². The second-order valence-corrected chi connectivity index (χ2v) is 5.20. The zero-order valence-electron chi connectivity index (χ0n) is 10.1. The summed E-state index contributed by atoms with van der Waals surface area (Å²) in [5.41, 5.74) is 1.58. The largest absolute Gasteiger partial charge is 0.355 e. The van der Waals surface area contributed by atoms with Crippen LogP contribution in [0.5, 0.6) is 0 Å². The van der Waals surface area contributed by atoms with E-state index in [-0.39, 0.29) is 0 Å². The fourth-order valence-corrected chi connectivity index (χ4v) is 2.92. The van der Waals surface area contributed by atoms with Crippen LogP contribution in [0.1, 0.15) is 18.5 Å². The van der Waals surface area contributed by atoms with Gasteiger partial charge in [-0.25, -0.2) is 4.98 Å². The summed E-state index contributed by atoms with van der Waals surface area (Å²) in [6, 6.07) is 6.29. The maximum Gasteiger partial charge on any atom is 0.128 e. The summed E-state index contributed by atoms with van der Waals surface area (Å²) < 4.78 is 0. The molecule has 0 amide bonds. The lowest BCUT2D eigenvalue weighted by atomic mass is 9.85. The van der Waals surface area contributed by atoms with Gasteiger partial charge in [-0.1, -0.05) is 6.07 Å². The molecule has 86 valence electrons. The van der Waals surface area contributed by atoms with Gasteiger partial charge in [0.25, 0.3) is 0 Å². The van der Waals surface area contributed by atoms with Gasteiger partial charge in [-0.05, 0) is 38.9 Å². The van der Waals surface area contributed by atoms with Crippen molar-refractivity contribution in [2.75, 3.05) is 31.6 Å². The normalized spacial score (nSPS) is 29.8. The molecule has 0 unspecified atom stereocenters. The van der Waals surface area contributed by atoms with Crippen LogP contribution in [0.25, 0.3) is 0 Å².